The zero-order valence-corrected chi connectivity index (χ0v) is 8.84. The molecule has 2 heterocycles. The second kappa shape index (κ2) is 4.39. The van der Waals surface area contributed by atoms with Crippen LogP contribution in [-0.4, -0.2) is 22.8 Å². The van der Waals surface area contributed by atoms with Crippen LogP contribution < -0.4 is 10.6 Å². The molecule has 0 radical (unpaired) electrons. The molecule has 1 aliphatic heterocycles. The lowest BCUT2D eigenvalue weighted by Crippen LogP contribution is -2.41. The van der Waals surface area contributed by atoms with Crippen LogP contribution in [0, 0.1) is 0 Å². The maximum atomic E-state index is 11.5. The Bertz CT molecular complexity index is 363. The Morgan fingerprint density at radius 2 is 2.60 bits per heavy atom. The van der Waals surface area contributed by atoms with Crippen LogP contribution in [0.15, 0.2) is 11.6 Å². The standard InChI is InChI=1S/C9H11N3O2S/c13-7-2-1-6(12-7)9(14)11-5-8-10-3-4-15-8/h3-4,6H,1-2,5H2,(H,11,14)(H,12,13). The maximum absolute atomic E-state index is 11.5. The number of nitrogens with one attached hydrogen (secondary N) is 2. The molecule has 0 bridgehead atoms. The number of carbonyl (C=O) groups excluding carboxylic acids is 2. The van der Waals surface area contributed by atoms with Gasteiger partial charge in [-0.25, -0.2) is 4.98 Å². The third kappa shape index (κ3) is 2.53. The van der Waals surface area contributed by atoms with Crippen molar-refractivity contribution < 1.29 is 9.59 Å². The number of aromatic nitrogens is 1. The van der Waals surface area contributed by atoms with Crippen LogP contribution >= 0.6 is 11.3 Å². The first-order valence-electron chi connectivity index (χ1n) is 4.71. The molecule has 1 aromatic rings. The fourth-order valence-corrected chi connectivity index (χ4v) is 1.99. The van der Waals surface area contributed by atoms with Crippen molar-refractivity contribution >= 4 is 23.2 Å². The zero-order valence-electron chi connectivity index (χ0n) is 8.03. The third-order valence-corrected chi connectivity index (χ3v) is 2.99. The van der Waals surface area contributed by atoms with E-state index < -0.39 is 0 Å². The van der Waals surface area contributed by atoms with Gasteiger partial charge in [0.05, 0.1) is 6.54 Å². The fraction of sp³-hybridized carbons (Fsp3) is 0.444. The number of thiazole rings is 1. The van der Waals surface area contributed by atoms with Crippen molar-refractivity contribution in [3.8, 4) is 0 Å². The van der Waals surface area contributed by atoms with E-state index in [0.29, 0.717) is 19.4 Å². The van der Waals surface area contributed by atoms with E-state index in [0.717, 1.165) is 5.01 Å². The predicted molar refractivity (Wildman–Crippen MR) is 55.1 cm³/mol. The van der Waals surface area contributed by atoms with E-state index in [4.69, 9.17) is 0 Å². The van der Waals surface area contributed by atoms with Gasteiger partial charge in [0.1, 0.15) is 11.0 Å². The molecular formula is C9H11N3O2S. The average Bonchev–Trinajstić information content (AvgIpc) is 2.84. The summed E-state index contributed by atoms with van der Waals surface area (Å²) in [5.41, 5.74) is 0. The lowest BCUT2D eigenvalue weighted by molar-refractivity contribution is -0.125. The molecule has 1 unspecified atom stereocenters. The highest BCUT2D eigenvalue weighted by Crippen LogP contribution is 2.07. The minimum absolute atomic E-state index is 0.0515. The fourth-order valence-electron chi connectivity index (χ4n) is 1.44. The van der Waals surface area contributed by atoms with E-state index in [1.165, 1.54) is 11.3 Å². The topological polar surface area (TPSA) is 71.1 Å². The van der Waals surface area contributed by atoms with Gasteiger partial charge in [0.15, 0.2) is 0 Å². The van der Waals surface area contributed by atoms with Crippen LogP contribution in [0.25, 0.3) is 0 Å². The van der Waals surface area contributed by atoms with Crippen LogP contribution in [0.5, 0.6) is 0 Å². The van der Waals surface area contributed by atoms with Gasteiger partial charge in [-0.2, -0.15) is 0 Å². The van der Waals surface area contributed by atoms with Gasteiger partial charge in [-0.1, -0.05) is 0 Å². The van der Waals surface area contributed by atoms with Gasteiger partial charge in [0.2, 0.25) is 11.8 Å². The summed E-state index contributed by atoms with van der Waals surface area (Å²) >= 11 is 1.49. The summed E-state index contributed by atoms with van der Waals surface area (Å²) in [6.45, 7) is 0.433. The van der Waals surface area contributed by atoms with Gasteiger partial charge in [0.25, 0.3) is 0 Å². The van der Waals surface area contributed by atoms with Crippen LogP contribution in [0.2, 0.25) is 0 Å². The number of amides is 2. The molecule has 2 rings (SSSR count). The Labute approximate surface area is 90.9 Å². The van der Waals surface area contributed by atoms with Crippen LogP contribution in [-0.2, 0) is 16.1 Å². The normalized spacial score (nSPS) is 20.0. The van der Waals surface area contributed by atoms with E-state index in [9.17, 15) is 9.59 Å². The molecule has 0 spiro atoms. The van der Waals surface area contributed by atoms with Gasteiger partial charge < -0.3 is 10.6 Å². The van der Waals surface area contributed by atoms with Gasteiger partial charge in [-0.05, 0) is 6.42 Å². The number of rotatable bonds is 3. The minimum Gasteiger partial charge on any atom is -0.348 e. The number of nitrogens with zero attached hydrogens (tertiary/aromatic N) is 1. The van der Waals surface area contributed by atoms with Crippen molar-refractivity contribution in [1.82, 2.24) is 15.6 Å². The quantitative estimate of drug-likeness (QED) is 0.763. The third-order valence-electron chi connectivity index (χ3n) is 2.21. The molecule has 0 saturated carbocycles. The summed E-state index contributed by atoms with van der Waals surface area (Å²) in [6, 6.07) is -0.363. The molecule has 1 aromatic heterocycles. The molecular weight excluding hydrogens is 214 g/mol. The monoisotopic (exact) mass is 225 g/mol. The predicted octanol–water partition coefficient (Wildman–Crippen LogP) is 0.0379. The first-order chi connectivity index (χ1) is 7.25. The van der Waals surface area contributed by atoms with Gasteiger partial charge >= 0.3 is 0 Å². The SMILES string of the molecule is O=C1CCC(C(=O)NCc2nccs2)N1. The maximum Gasteiger partial charge on any atom is 0.242 e. The van der Waals surface area contributed by atoms with E-state index in [2.05, 4.69) is 15.6 Å². The summed E-state index contributed by atoms with van der Waals surface area (Å²) in [5.74, 6) is -0.180. The van der Waals surface area contributed by atoms with Crippen molar-refractivity contribution in [2.75, 3.05) is 0 Å². The largest absolute Gasteiger partial charge is 0.348 e. The van der Waals surface area contributed by atoms with Crippen molar-refractivity contribution in [3.63, 3.8) is 0 Å². The highest BCUT2D eigenvalue weighted by Gasteiger charge is 2.26. The van der Waals surface area contributed by atoms with Crippen LogP contribution in [0.4, 0.5) is 0 Å². The van der Waals surface area contributed by atoms with Crippen LogP contribution in [0.1, 0.15) is 17.8 Å². The minimum atomic E-state index is -0.363. The van der Waals surface area contributed by atoms with Gasteiger partial charge in [0, 0.05) is 18.0 Å². The number of hydrogen-bond donors (Lipinski definition) is 2. The molecule has 1 atom stereocenters. The molecule has 2 N–H and O–H groups in total. The molecule has 6 heteroatoms. The Hall–Kier alpha value is -1.43. The summed E-state index contributed by atoms with van der Waals surface area (Å²) in [6.07, 6.45) is 2.72. The Morgan fingerprint density at radius 3 is 3.20 bits per heavy atom. The van der Waals surface area contributed by atoms with Crippen molar-refractivity contribution in [2.45, 2.75) is 25.4 Å². The molecule has 1 aliphatic rings. The smallest absolute Gasteiger partial charge is 0.242 e. The van der Waals surface area contributed by atoms with E-state index in [1.54, 1.807) is 6.20 Å². The van der Waals surface area contributed by atoms with E-state index >= 15 is 0 Å². The summed E-state index contributed by atoms with van der Waals surface area (Å²) < 4.78 is 0. The Kier molecular flexibility index (Phi) is 2.96. The summed E-state index contributed by atoms with van der Waals surface area (Å²) in [5, 5.41) is 8.09. The second-order valence-corrected chi connectivity index (χ2v) is 4.28. The molecule has 0 aliphatic carbocycles. The molecule has 15 heavy (non-hydrogen) atoms. The zero-order chi connectivity index (χ0) is 10.7. The molecule has 2 amide bonds. The number of carbonyl (C=O) groups is 2. The first kappa shape index (κ1) is 10.1. The lowest BCUT2D eigenvalue weighted by atomic mass is 10.2. The van der Waals surface area contributed by atoms with Crippen molar-refractivity contribution in [2.24, 2.45) is 0 Å². The summed E-state index contributed by atoms with van der Waals surface area (Å²) in [7, 11) is 0. The average molecular weight is 225 g/mol. The molecule has 1 fully saturated rings. The Morgan fingerprint density at radius 1 is 1.73 bits per heavy atom. The highest BCUT2D eigenvalue weighted by molar-refractivity contribution is 7.09. The molecule has 5 nitrogen and oxygen atoms in total. The highest BCUT2D eigenvalue weighted by atomic mass is 32.1. The Balaban J connectivity index is 1.80. The number of hydrogen-bond acceptors (Lipinski definition) is 4. The molecule has 80 valence electrons. The molecule has 0 aromatic carbocycles. The van der Waals surface area contributed by atoms with E-state index in [-0.39, 0.29) is 17.9 Å². The van der Waals surface area contributed by atoms with Crippen molar-refractivity contribution in [3.05, 3.63) is 16.6 Å². The second-order valence-electron chi connectivity index (χ2n) is 3.30. The summed E-state index contributed by atoms with van der Waals surface area (Å²) in [4.78, 5) is 26.5. The van der Waals surface area contributed by atoms with Crippen molar-refractivity contribution in [1.29, 1.82) is 0 Å². The first-order valence-corrected chi connectivity index (χ1v) is 5.59. The van der Waals surface area contributed by atoms with Gasteiger partial charge in [-0.3, -0.25) is 9.59 Å². The molecule has 1 saturated heterocycles. The lowest BCUT2D eigenvalue weighted by Gasteiger charge is -2.09. The van der Waals surface area contributed by atoms with E-state index in [1.807, 2.05) is 5.38 Å². The van der Waals surface area contributed by atoms with Gasteiger partial charge in [-0.15, -0.1) is 11.3 Å². The van der Waals surface area contributed by atoms with Crippen LogP contribution in [0.3, 0.4) is 0 Å².